The predicted molar refractivity (Wildman–Crippen MR) is 32.9 cm³/mol. The van der Waals surface area contributed by atoms with Crippen molar-refractivity contribution in [2.24, 2.45) is 11.7 Å². The first-order valence-corrected chi connectivity index (χ1v) is 2.76. The van der Waals surface area contributed by atoms with E-state index in [2.05, 4.69) is 6.58 Å². The third-order valence-electron chi connectivity index (χ3n) is 1.74. The van der Waals surface area contributed by atoms with Crippen LogP contribution in [0.2, 0.25) is 0 Å². The molecule has 1 rings (SSSR count). The van der Waals surface area contributed by atoms with Gasteiger partial charge in [-0.05, 0) is 6.42 Å². The van der Waals surface area contributed by atoms with Crippen molar-refractivity contribution in [3.8, 4) is 0 Å². The molecule has 3 N–H and O–H groups in total. The maximum Gasteiger partial charge on any atom is 0.324 e. The van der Waals surface area contributed by atoms with E-state index < -0.39 is 11.5 Å². The fourth-order valence-electron chi connectivity index (χ4n) is 0.845. The van der Waals surface area contributed by atoms with Gasteiger partial charge in [0.05, 0.1) is 0 Å². The summed E-state index contributed by atoms with van der Waals surface area (Å²) >= 11 is 0. The standard InChI is InChI=1S/C6H9NO2/c1-2-4-3-6(4,7)5(8)9/h2,4H,1,3,7H2,(H,8,9)/t4-,6+/m1/s1. The van der Waals surface area contributed by atoms with Crippen molar-refractivity contribution in [3.05, 3.63) is 12.7 Å². The van der Waals surface area contributed by atoms with Crippen LogP contribution in [-0.4, -0.2) is 16.6 Å². The maximum atomic E-state index is 10.3. The molecule has 0 spiro atoms. The summed E-state index contributed by atoms with van der Waals surface area (Å²) in [6.07, 6.45) is 2.12. The van der Waals surface area contributed by atoms with Crippen LogP contribution >= 0.6 is 0 Å². The van der Waals surface area contributed by atoms with E-state index in [1.165, 1.54) is 0 Å². The molecule has 0 aromatic rings. The molecular weight excluding hydrogens is 118 g/mol. The Hall–Kier alpha value is -0.830. The second-order valence-electron chi connectivity index (χ2n) is 2.39. The van der Waals surface area contributed by atoms with Gasteiger partial charge in [-0.2, -0.15) is 0 Å². The van der Waals surface area contributed by atoms with Gasteiger partial charge in [0.2, 0.25) is 0 Å². The maximum absolute atomic E-state index is 10.3. The Labute approximate surface area is 53.2 Å². The van der Waals surface area contributed by atoms with E-state index in [0.29, 0.717) is 6.42 Å². The summed E-state index contributed by atoms with van der Waals surface area (Å²) < 4.78 is 0. The molecule has 1 fully saturated rings. The Bertz CT molecular complexity index is 166. The third kappa shape index (κ3) is 0.733. The molecule has 1 aliphatic rings. The van der Waals surface area contributed by atoms with Crippen molar-refractivity contribution >= 4 is 5.97 Å². The second kappa shape index (κ2) is 1.57. The van der Waals surface area contributed by atoms with E-state index in [1.807, 2.05) is 0 Å². The highest BCUT2D eigenvalue weighted by Crippen LogP contribution is 2.41. The Morgan fingerprint density at radius 3 is 2.67 bits per heavy atom. The molecule has 3 nitrogen and oxygen atoms in total. The number of carboxylic acid groups (broad SMARTS) is 1. The molecule has 0 amide bonds. The Morgan fingerprint density at radius 1 is 2.00 bits per heavy atom. The number of hydrogen-bond acceptors (Lipinski definition) is 2. The highest BCUT2D eigenvalue weighted by molar-refractivity contribution is 5.83. The fraction of sp³-hybridized carbons (Fsp3) is 0.500. The molecule has 0 saturated heterocycles. The molecule has 1 saturated carbocycles. The average molecular weight is 127 g/mol. The zero-order valence-corrected chi connectivity index (χ0v) is 5.00. The summed E-state index contributed by atoms with van der Waals surface area (Å²) in [7, 11) is 0. The molecule has 2 atom stereocenters. The van der Waals surface area contributed by atoms with E-state index in [-0.39, 0.29) is 5.92 Å². The topological polar surface area (TPSA) is 63.3 Å². The molecule has 3 heteroatoms. The van der Waals surface area contributed by atoms with Gasteiger partial charge >= 0.3 is 5.97 Å². The van der Waals surface area contributed by atoms with Crippen LogP contribution in [0.1, 0.15) is 6.42 Å². The van der Waals surface area contributed by atoms with Crippen molar-refractivity contribution < 1.29 is 9.90 Å². The minimum Gasteiger partial charge on any atom is -0.480 e. The lowest BCUT2D eigenvalue weighted by Crippen LogP contribution is -2.34. The van der Waals surface area contributed by atoms with Crippen molar-refractivity contribution in [1.29, 1.82) is 0 Å². The van der Waals surface area contributed by atoms with Crippen LogP contribution in [0.15, 0.2) is 12.7 Å². The van der Waals surface area contributed by atoms with E-state index in [9.17, 15) is 4.79 Å². The van der Waals surface area contributed by atoms with Gasteiger partial charge in [-0.15, -0.1) is 6.58 Å². The zero-order chi connectivity index (χ0) is 7.07. The second-order valence-corrected chi connectivity index (χ2v) is 2.39. The fourth-order valence-corrected chi connectivity index (χ4v) is 0.845. The Kier molecular flexibility index (Phi) is 1.10. The molecule has 0 aliphatic heterocycles. The summed E-state index contributed by atoms with van der Waals surface area (Å²) in [6.45, 7) is 3.46. The van der Waals surface area contributed by atoms with Crippen molar-refractivity contribution in [2.75, 3.05) is 0 Å². The summed E-state index contributed by atoms with van der Waals surface area (Å²) in [5.74, 6) is -0.942. The molecule has 0 aromatic carbocycles. The zero-order valence-electron chi connectivity index (χ0n) is 5.00. The van der Waals surface area contributed by atoms with Crippen LogP contribution in [0.3, 0.4) is 0 Å². The first-order valence-electron chi connectivity index (χ1n) is 2.76. The molecule has 1 aliphatic carbocycles. The highest BCUT2D eigenvalue weighted by Gasteiger charge is 2.55. The Morgan fingerprint density at radius 2 is 2.56 bits per heavy atom. The predicted octanol–water partition coefficient (Wildman–Crippen LogP) is -0.0256. The van der Waals surface area contributed by atoms with E-state index in [4.69, 9.17) is 10.8 Å². The minimum absolute atomic E-state index is 0.0185. The van der Waals surface area contributed by atoms with Crippen LogP contribution < -0.4 is 5.73 Å². The number of carbonyl (C=O) groups is 1. The minimum atomic E-state index is -0.984. The number of hydrogen-bond donors (Lipinski definition) is 2. The van der Waals surface area contributed by atoms with Gasteiger partial charge in [-0.1, -0.05) is 6.08 Å². The van der Waals surface area contributed by atoms with Crippen molar-refractivity contribution in [3.63, 3.8) is 0 Å². The van der Waals surface area contributed by atoms with Gasteiger partial charge in [0.15, 0.2) is 0 Å². The lowest BCUT2D eigenvalue weighted by Gasteiger charge is -1.99. The molecular formula is C6H9NO2. The first-order chi connectivity index (χ1) is 4.11. The summed E-state index contributed by atoms with van der Waals surface area (Å²) in [6, 6.07) is 0. The van der Waals surface area contributed by atoms with Crippen molar-refractivity contribution in [2.45, 2.75) is 12.0 Å². The molecule has 0 radical (unpaired) electrons. The van der Waals surface area contributed by atoms with Gasteiger partial charge in [0, 0.05) is 5.92 Å². The first kappa shape index (κ1) is 6.29. The van der Waals surface area contributed by atoms with Gasteiger partial charge < -0.3 is 10.8 Å². The molecule has 0 bridgehead atoms. The number of aliphatic carboxylic acids is 1. The van der Waals surface area contributed by atoms with E-state index >= 15 is 0 Å². The van der Waals surface area contributed by atoms with Gasteiger partial charge in [-0.3, -0.25) is 4.79 Å². The van der Waals surface area contributed by atoms with Crippen LogP contribution in [0.5, 0.6) is 0 Å². The summed E-state index contributed by atoms with van der Waals surface area (Å²) in [4.78, 5) is 10.3. The monoisotopic (exact) mass is 127 g/mol. The molecule has 0 heterocycles. The largest absolute Gasteiger partial charge is 0.480 e. The van der Waals surface area contributed by atoms with Gasteiger partial charge in [0.1, 0.15) is 5.54 Å². The smallest absolute Gasteiger partial charge is 0.324 e. The third-order valence-corrected chi connectivity index (χ3v) is 1.74. The van der Waals surface area contributed by atoms with E-state index in [1.54, 1.807) is 6.08 Å². The van der Waals surface area contributed by atoms with Crippen LogP contribution in [0.25, 0.3) is 0 Å². The molecule has 0 unspecified atom stereocenters. The lowest BCUT2D eigenvalue weighted by atomic mass is 10.2. The highest BCUT2D eigenvalue weighted by atomic mass is 16.4. The summed E-state index contributed by atoms with van der Waals surface area (Å²) in [5, 5.41) is 8.44. The Balaban J connectivity index is 2.62. The molecule has 9 heavy (non-hydrogen) atoms. The average Bonchev–Trinajstić information content (AvgIpc) is 2.44. The normalized spacial score (nSPS) is 39.9. The number of rotatable bonds is 2. The van der Waals surface area contributed by atoms with Crippen LogP contribution in [0.4, 0.5) is 0 Å². The van der Waals surface area contributed by atoms with Crippen molar-refractivity contribution in [1.82, 2.24) is 0 Å². The van der Waals surface area contributed by atoms with E-state index in [0.717, 1.165) is 0 Å². The lowest BCUT2D eigenvalue weighted by molar-refractivity contribution is -0.139. The quantitative estimate of drug-likeness (QED) is 0.512. The van der Waals surface area contributed by atoms with Gasteiger partial charge in [0.25, 0.3) is 0 Å². The van der Waals surface area contributed by atoms with Crippen LogP contribution in [0, 0.1) is 5.92 Å². The number of carboxylic acids is 1. The molecule has 0 aromatic heterocycles. The van der Waals surface area contributed by atoms with Gasteiger partial charge in [-0.25, -0.2) is 0 Å². The number of nitrogens with two attached hydrogens (primary N) is 1. The molecule has 50 valence electrons. The summed E-state index contributed by atoms with van der Waals surface area (Å²) in [5.41, 5.74) is 4.39. The van der Waals surface area contributed by atoms with Crippen LogP contribution in [-0.2, 0) is 4.79 Å². The SMILES string of the molecule is C=C[C@@H]1C[C@@]1(N)C(=O)O.